The van der Waals surface area contributed by atoms with Crippen molar-refractivity contribution in [3.05, 3.63) is 93.3 Å². The van der Waals surface area contributed by atoms with E-state index in [1.54, 1.807) is 67.7 Å². The maximum atomic E-state index is 13.8. The van der Waals surface area contributed by atoms with E-state index in [9.17, 15) is 9.59 Å². The van der Waals surface area contributed by atoms with Gasteiger partial charge in [-0.2, -0.15) is 0 Å². The Kier molecular flexibility index (Phi) is 5.68. The van der Waals surface area contributed by atoms with E-state index in [0.717, 1.165) is 5.56 Å². The van der Waals surface area contributed by atoms with Gasteiger partial charge < -0.3 is 18.6 Å². The molecule has 3 aromatic carbocycles. The molecule has 7 heteroatoms. The predicted molar refractivity (Wildman–Crippen MR) is 133 cm³/mol. The van der Waals surface area contributed by atoms with Crippen LogP contribution in [0.3, 0.4) is 0 Å². The van der Waals surface area contributed by atoms with Crippen molar-refractivity contribution in [3.8, 4) is 17.2 Å². The van der Waals surface area contributed by atoms with Gasteiger partial charge >= 0.3 is 0 Å². The van der Waals surface area contributed by atoms with Crippen LogP contribution in [0.4, 0.5) is 5.69 Å². The van der Waals surface area contributed by atoms with Crippen molar-refractivity contribution in [2.75, 3.05) is 25.7 Å². The van der Waals surface area contributed by atoms with E-state index in [-0.39, 0.29) is 17.1 Å². The van der Waals surface area contributed by atoms with Crippen LogP contribution in [0.25, 0.3) is 11.0 Å². The molecule has 2 heterocycles. The van der Waals surface area contributed by atoms with Crippen molar-refractivity contribution in [2.24, 2.45) is 0 Å². The number of methoxy groups -OCH3 is 2. The molecule has 5 rings (SSSR count). The summed E-state index contributed by atoms with van der Waals surface area (Å²) >= 11 is 0. The van der Waals surface area contributed by atoms with Gasteiger partial charge in [0.2, 0.25) is 5.76 Å². The SMILES string of the molecule is CCOc1ccc(N2C(=O)c3oc4ccc(C)cc4c(=O)c3C2c2ccc(OC)c(OC)c2)cc1. The minimum Gasteiger partial charge on any atom is -0.494 e. The standard InChI is InChI=1S/C28H25NO6/c1-5-34-19-10-8-18(9-11-19)29-25(17-7-13-22(32-3)23(15-17)33-4)24-26(30)20-14-16(2)6-12-21(20)35-27(24)28(29)31/h6-15,25H,5H2,1-4H3. The molecule has 0 bridgehead atoms. The highest BCUT2D eigenvalue weighted by Gasteiger charge is 2.44. The Balaban J connectivity index is 1.76. The molecule has 1 aromatic heterocycles. The minimum absolute atomic E-state index is 0.0417. The van der Waals surface area contributed by atoms with Crippen LogP contribution in [0.5, 0.6) is 17.2 Å². The van der Waals surface area contributed by atoms with Crippen LogP contribution in [0.2, 0.25) is 0 Å². The molecule has 7 nitrogen and oxygen atoms in total. The van der Waals surface area contributed by atoms with E-state index < -0.39 is 6.04 Å². The molecule has 4 aromatic rings. The summed E-state index contributed by atoms with van der Waals surface area (Å²) in [5, 5.41) is 0.440. The second kappa shape index (κ2) is 8.83. The highest BCUT2D eigenvalue weighted by Crippen LogP contribution is 2.43. The summed E-state index contributed by atoms with van der Waals surface area (Å²) in [7, 11) is 3.10. The van der Waals surface area contributed by atoms with Crippen LogP contribution < -0.4 is 24.5 Å². The molecule has 0 radical (unpaired) electrons. The molecule has 0 N–H and O–H groups in total. The summed E-state index contributed by atoms with van der Waals surface area (Å²) in [6.45, 7) is 4.35. The average Bonchev–Trinajstić information content (AvgIpc) is 3.17. The summed E-state index contributed by atoms with van der Waals surface area (Å²) in [5.41, 5.74) is 2.69. The summed E-state index contributed by atoms with van der Waals surface area (Å²) in [4.78, 5) is 29.1. The normalized spacial score (nSPS) is 14.8. The Morgan fingerprint density at radius 2 is 1.66 bits per heavy atom. The van der Waals surface area contributed by atoms with Crippen LogP contribution in [0.1, 0.15) is 40.2 Å². The zero-order valence-corrected chi connectivity index (χ0v) is 20.0. The van der Waals surface area contributed by atoms with Gasteiger partial charge in [-0.1, -0.05) is 17.7 Å². The van der Waals surface area contributed by atoms with Crippen molar-refractivity contribution < 1.29 is 23.4 Å². The van der Waals surface area contributed by atoms with E-state index in [2.05, 4.69) is 0 Å². The lowest BCUT2D eigenvalue weighted by molar-refractivity contribution is 0.0971. The predicted octanol–water partition coefficient (Wildman–Crippen LogP) is 5.27. The highest BCUT2D eigenvalue weighted by molar-refractivity contribution is 6.10. The first-order valence-corrected chi connectivity index (χ1v) is 11.3. The lowest BCUT2D eigenvalue weighted by Gasteiger charge is -2.26. The molecular weight excluding hydrogens is 446 g/mol. The van der Waals surface area contributed by atoms with Gasteiger partial charge in [0.1, 0.15) is 11.3 Å². The Morgan fingerprint density at radius 3 is 2.34 bits per heavy atom. The Hall–Kier alpha value is -4.26. The molecule has 1 atom stereocenters. The van der Waals surface area contributed by atoms with Crippen molar-refractivity contribution >= 4 is 22.6 Å². The fourth-order valence-corrected chi connectivity index (χ4v) is 4.56. The zero-order valence-electron chi connectivity index (χ0n) is 20.0. The van der Waals surface area contributed by atoms with Gasteiger partial charge in [-0.15, -0.1) is 0 Å². The molecule has 178 valence electrons. The quantitative estimate of drug-likeness (QED) is 0.381. The maximum Gasteiger partial charge on any atom is 0.295 e. The number of fused-ring (bicyclic) bond motifs is 2. The van der Waals surface area contributed by atoms with Crippen LogP contribution >= 0.6 is 0 Å². The first-order chi connectivity index (χ1) is 17.0. The first kappa shape index (κ1) is 22.5. The number of ether oxygens (including phenoxy) is 3. The topological polar surface area (TPSA) is 78.2 Å². The monoisotopic (exact) mass is 471 g/mol. The van der Waals surface area contributed by atoms with Gasteiger partial charge in [0.05, 0.1) is 37.8 Å². The van der Waals surface area contributed by atoms with Crippen LogP contribution in [0.15, 0.2) is 69.9 Å². The first-order valence-electron chi connectivity index (χ1n) is 11.3. The lowest BCUT2D eigenvalue weighted by atomic mass is 9.97. The number of benzene rings is 3. The van der Waals surface area contributed by atoms with Crippen LogP contribution in [0, 0.1) is 6.92 Å². The molecule has 1 aliphatic heterocycles. The number of carbonyl (C=O) groups excluding carboxylic acids is 1. The van der Waals surface area contributed by atoms with Crippen molar-refractivity contribution in [1.29, 1.82) is 0 Å². The van der Waals surface area contributed by atoms with E-state index in [1.165, 1.54) is 0 Å². The van der Waals surface area contributed by atoms with Crippen molar-refractivity contribution in [3.63, 3.8) is 0 Å². The number of hydrogen-bond donors (Lipinski definition) is 0. The second-order valence-electron chi connectivity index (χ2n) is 8.29. The Labute approximate surface area is 202 Å². The smallest absolute Gasteiger partial charge is 0.295 e. The number of amides is 1. The molecule has 0 saturated carbocycles. The number of hydrogen-bond acceptors (Lipinski definition) is 6. The van der Waals surface area contributed by atoms with Crippen LogP contribution in [-0.2, 0) is 0 Å². The molecule has 1 unspecified atom stereocenters. The number of anilines is 1. The van der Waals surface area contributed by atoms with Crippen molar-refractivity contribution in [1.82, 2.24) is 0 Å². The minimum atomic E-state index is -0.712. The Bertz CT molecular complexity index is 1490. The van der Waals surface area contributed by atoms with Crippen LogP contribution in [-0.4, -0.2) is 26.7 Å². The fraction of sp³-hybridized carbons (Fsp3) is 0.214. The van der Waals surface area contributed by atoms with Gasteiger partial charge in [-0.3, -0.25) is 14.5 Å². The van der Waals surface area contributed by atoms with Crippen molar-refractivity contribution in [2.45, 2.75) is 19.9 Å². The van der Waals surface area contributed by atoms with Gasteiger partial charge in [0.25, 0.3) is 5.91 Å². The van der Waals surface area contributed by atoms with Gasteiger partial charge in [0, 0.05) is 5.69 Å². The average molecular weight is 472 g/mol. The van der Waals surface area contributed by atoms with Gasteiger partial charge in [-0.05, 0) is 67.9 Å². The third kappa shape index (κ3) is 3.69. The second-order valence-corrected chi connectivity index (χ2v) is 8.29. The van der Waals surface area contributed by atoms with E-state index in [4.69, 9.17) is 18.6 Å². The maximum absolute atomic E-state index is 13.8. The number of nitrogens with zero attached hydrogens (tertiary/aromatic N) is 1. The van der Waals surface area contributed by atoms with Gasteiger partial charge in [0.15, 0.2) is 16.9 Å². The lowest BCUT2D eigenvalue weighted by Crippen LogP contribution is -2.29. The largest absolute Gasteiger partial charge is 0.494 e. The molecule has 0 fully saturated rings. The zero-order chi connectivity index (χ0) is 24.7. The molecule has 1 amide bonds. The third-order valence-corrected chi connectivity index (χ3v) is 6.17. The molecule has 0 aliphatic carbocycles. The molecule has 0 spiro atoms. The number of carbonyl (C=O) groups is 1. The molecule has 0 saturated heterocycles. The summed E-state index contributed by atoms with van der Waals surface area (Å²) < 4.78 is 22.5. The summed E-state index contributed by atoms with van der Waals surface area (Å²) in [5.74, 6) is 1.40. The van der Waals surface area contributed by atoms with Gasteiger partial charge in [-0.25, -0.2) is 0 Å². The highest BCUT2D eigenvalue weighted by atomic mass is 16.5. The summed E-state index contributed by atoms with van der Waals surface area (Å²) in [6.07, 6.45) is 0. The van der Waals surface area contributed by atoms with E-state index in [0.29, 0.717) is 51.6 Å². The molecule has 1 aliphatic rings. The fourth-order valence-electron chi connectivity index (χ4n) is 4.56. The molecule has 35 heavy (non-hydrogen) atoms. The number of aryl methyl sites for hydroxylation is 1. The van der Waals surface area contributed by atoms with E-state index >= 15 is 0 Å². The van der Waals surface area contributed by atoms with E-state index in [1.807, 2.05) is 26.0 Å². The Morgan fingerprint density at radius 1 is 0.914 bits per heavy atom. The molecular formula is C28H25NO6. The third-order valence-electron chi connectivity index (χ3n) is 6.17. The number of rotatable bonds is 6. The summed E-state index contributed by atoms with van der Waals surface area (Å²) in [6, 6.07) is 17.2.